The summed E-state index contributed by atoms with van der Waals surface area (Å²) in [5.74, 6) is 0.731. The van der Waals surface area contributed by atoms with E-state index in [0.29, 0.717) is 13.2 Å². The van der Waals surface area contributed by atoms with Gasteiger partial charge >= 0.3 is 0 Å². The van der Waals surface area contributed by atoms with Crippen LogP contribution in [0.2, 0.25) is 0 Å². The Bertz CT molecular complexity index is 787. The summed E-state index contributed by atoms with van der Waals surface area (Å²) in [7, 11) is 0. The Labute approximate surface area is 145 Å². The maximum absolute atomic E-state index is 9.47. The summed E-state index contributed by atoms with van der Waals surface area (Å²) in [5.41, 5.74) is 2.88. The smallest absolute Gasteiger partial charge is 0.124 e. The molecule has 0 aliphatic heterocycles. The lowest BCUT2D eigenvalue weighted by Gasteiger charge is -2.11. The van der Waals surface area contributed by atoms with Crippen LogP contribution >= 0.6 is 11.3 Å². The normalized spacial score (nSPS) is 10.6. The average Bonchev–Trinajstić information content (AvgIpc) is 3.11. The number of nitrogens with zero attached hydrogens (tertiary/aromatic N) is 1. The van der Waals surface area contributed by atoms with Crippen molar-refractivity contribution in [1.82, 2.24) is 4.98 Å². The highest BCUT2D eigenvalue weighted by molar-refractivity contribution is 7.15. The molecule has 5 heteroatoms. The molecule has 24 heavy (non-hydrogen) atoms. The maximum atomic E-state index is 9.47. The van der Waals surface area contributed by atoms with Crippen molar-refractivity contribution in [3.05, 3.63) is 65.2 Å². The van der Waals surface area contributed by atoms with Crippen LogP contribution in [0, 0.1) is 0 Å². The van der Waals surface area contributed by atoms with Crippen LogP contribution in [0.5, 0.6) is 5.75 Å². The van der Waals surface area contributed by atoms with Crippen LogP contribution < -0.4 is 10.1 Å². The molecule has 0 spiro atoms. The minimum absolute atomic E-state index is 0.0381. The van der Waals surface area contributed by atoms with Crippen LogP contribution in [0.3, 0.4) is 0 Å². The monoisotopic (exact) mass is 340 g/mol. The molecule has 0 saturated carbocycles. The number of aliphatic hydroxyl groups excluding tert-OH is 1. The molecule has 0 atom stereocenters. The number of benzene rings is 2. The zero-order chi connectivity index (χ0) is 16.8. The fourth-order valence-corrected chi connectivity index (χ4v) is 3.26. The predicted molar refractivity (Wildman–Crippen MR) is 98.4 cm³/mol. The Morgan fingerprint density at radius 1 is 1.17 bits per heavy atom. The van der Waals surface area contributed by atoms with E-state index in [9.17, 15) is 5.11 Å². The number of anilines is 1. The lowest BCUT2D eigenvalue weighted by Crippen LogP contribution is -2.01. The summed E-state index contributed by atoms with van der Waals surface area (Å²) in [5, 5.41) is 13.9. The molecule has 0 saturated heterocycles. The molecule has 3 rings (SSSR count). The average molecular weight is 340 g/mol. The van der Waals surface area contributed by atoms with Crippen LogP contribution in [0.1, 0.15) is 17.4 Å². The van der Waals surface area contributed by atoms with Gasteiger partial charge in [0.15, 0.2) is 0 Å². The molecule has 2 N–H and O–H groups in total. The molecule has 1 aromatic heterocycles. The van der Waals surface area contributed by atoms with Crippen LogP contribution in [-0.2, 0) is 13.2 Å². The first-order valence-corrected chi connectivity index (χ1v) is 8.72. The van der Waals surface area contributed by atoms with Crippen molar-refractivity contribution in [2.45, 2.75) is 20.1 Å². The van der Waals surface area contributed by atoms with E-state index in [1.165, 1.54) is 0 Å². The fourth-order valence-electron chi connectivity index (χ4n) is 2.40. The van der Waals surface area contributed by atoms with E-state index in [2.05, 4.69) is 22.4 Å². The van der Waals surface area contributed by atoms with Crippen molar-refractivity contribution in [3.63, 3.8) is 0 Å². The van der Waals surface area contributed by atoms with Crippen LogP contribution in [0.25, 0.3) is 10.6 Å². The maximum Gasteiger partial charge on any atom is 0.124 e. The topological polar surface area (TPSA) is 54.4 Å². The Hall–Kier alpha value is -2.37. The molecule has 0 radical (unpaired) electrons. The number of aliphatic hydroxyl groups is 1. The molecule has 0 aliphatic carbocycles. The Kier molecular flexibility index (Phi) is 5.46. The fraction of sp³-hybridized carbons (Fsp3) is 0.211. The summed E-state index contributed by atoms with van der Waals surface area (Å²) in [4.78, 5) is 5.65. The minimum Gasteiger partial charge on any atom is -0.494 e. The summed E-state index contributed by atoms with van der Waals surface area (Å²) in [6.45, 7) is 3.18. The molecule has 0 bridgehead atoms. The first kappa shape index (κ1) is 16.5. The number of nitrogens with one attached hydrogen (secondary N) is 1. The Morgan fingerprint density at radius 2 is 2.00 bits per heavy atom. The molecule has 3 aromatic rings. The minimum atomic E-state index is -0.0381. The molecule has 124 valence electrons. The van der Waals surface area contributed by atoms with Crippen LogP contribution in [-0.4, -0.2) is 16.7 Å². The van der Waals surface area contributed by atoms with E-state index in [4.69, 9.17) is 4.74 Å². The molecule has 0 unspecified atom stereocenters. The van der Waals surface area contributed by atoms with Gasteiger partial charge in [-0.25, -0.2) is 4.98 Å². The molecular formula is C19H20N2O2S. The van der Waals surface area contributed by atoms with E-state index in [1.54, 1.807) is 11.3 Å². The summed E-state index contributed by atoms with van der Waals surface area (Å²) in [6, 6.07) is 15.9. The van der Waals surface area contributed by atoms with Crippen molar-refractivity contribution < 1.29 is 9.84 Å². The highest BCUT2D eigenvalue weighted by Gasteiger charge is 2.06. The van der Waals surface area contributed by atoms with E-state index in [-0.39, 0.29) is 6.61 Å². The molecule has 0 aliphatic rings. The van der Waals surface area contributed by atoms with Crippen molar-refractivity contribution in [3.8, 4) is 16.3 Å². The molecule has 1 heterocycles. The van der Waals surface area contributed by atoms with Crippen molar-refractivity contribution in [1.29, 1.82) is 0 Å². The van der Waals surface area contributed by atoms with Crippen LogP contribution in [0.15, 0.2) is 54.7 Å². The summed E-state index contributed by atoms with van der Waals surface area (Å²) < 4.78 is 5.50. The van der Waals surface area contributed by atoms with E-state index >= 15 is 0 Å². The standard InChI is InChI=1S/C19H20N2O2S/c1-2-23-18-9-8-16(10-15(18)13-22)20-11-17-12-21-19(24-17)14-6-4-3-5-7-14/h3-10,12,20,22H,2,11,13H2,1H3. The summed E-state index contributed by atoms with van der Waals surface area (Å²) >= 11 is 1.68. The first-order chi connectivity index (χ1) is 11.8. The lowest BCUT2D eigenvalue weighted by atomic mass is 10.2. The van der Waals surface area contributed by atoms with E-state index in [1.807, 2.05) is 49.5 Å². The molecule has 2 aromatic carbocycles. The Balaban J connectivity index is 1.67. The number of hydrogen-bond donors (Lipinski definition) is 2. The largest absolute Gasteiger partial charge is 0.494 e. The SMILES string of the molecule is CCOc1ccc(NCc2cnc(-c3ccccc3)s2)cc1CO. The first-order valence-electron chi connectivity index (χ1n) is 7.90. The highest BCUT2D eigenvalue weighted by Crippen LogP contribution is 2.27. The molecule has 0 amide bonds. The third-order valence-electron chi connectivity index (χ3n) is 3.57. The van der Waals surface area contributed by atoms with Crippen LogP contribution in [0.4, 0.5) is 5.69 Å². The van der Waals surface area contributed by atoms with Crippen molar-refractivity contribution in [2.24, 2.45) is 0 Å². The second kappa shape index (κ2) is 7.95. The van der Waals surface area contributed by atoms with Crippen molar-refractivity contribution >= 4 is 17.0 Å². The molecule has 0 fully saturated rings. The van der Waals surface area contributed by atoms with Gasteiger partial charge in [-0.05, 0) is 25.1 Å². The van der Waals surface area contributed by atoms with E-state index < -0.39 is 0 Å². The van der Waals surface area contributed by atoms with Gasteiger partial charge in [0.05, 0.1) is 19.8 Å². The third-order valence-corrected chi connectivity index (χ3v) is 4.62. The van der Waals surface area contributed by atoms with Gasteiger partial charge in [0.1, 0.15) is 10.8 Å². The van der Waals surface area contributed by atoms with Gasteiger partial charge in [-0.2, -0.15) is 0 Å². The zero-order valence-corrected chi connectivity index (χ0v) is 14.3. The number of ether oxygens (including phenoxy) is 1. The third kappa shape index (κ3) is 3.93. The summed E-state index contributed by atoms with van der Waals surface area (Å²) in [6.07, 6.45) is 1.90. The molecule has 4 nitrogen and oxygen atoms in total. The number of rotatable bonds is 7. The number of aromatic nitrogens is 1. The lowest BCUT2D eigenvalue weighted by molar-refractivity contribution is 0.267. The Morgan fingerprint density at radius 3 is 2.75 bits per heavy atom. The van der Waals surface area contributed by atoms with Gasteiger partial charge in [-0.1, -0.05) is 30.3 Å². The van der Waals surface area contributed by atoms with Gasteiger partial charge in [0.25, 0.3) is 0 Å². The quantitative estimate of drug-likeness (QED) is 0.673. The number of hydrogen-bond acceptors (Lipinski definition) is 5. The second-order valence-electron chi connectivity index (χ2n) is 5.26. The highest BCUT2D eigenvalue weighted by atomic mass is 32.1. The van der Waals surface area contributed by atoms with Gasteiger partial charge < -0.3 is 15.2 Å². The van der Waals surface area contributed by atoms with Crippen molar-refractivity contribution in [2.75, 3.05) is 11.9 Å². The predicted octanol–water partition coefficient (Wildman–Crippen LogP) is 4.31. The molecular weight excluding hydrogens is 320 g/mol. The van der Waals surface area contributed by atoms with Gasteiger partial charge in [-0.3, -0.25) is 0 Å². The zero-order valence-electron chi connectivity index (χ0n) is 13.5. The van der Waals surface area contributed by atoms with Gasteiger partial charge in [0, 0.05) is 27.9 Å². The second-order valence-corrected chi connectivity index (χ2v) is 6.38. The van der Waals surface area contributed by atoms with E-state index in [0.717, 1.165) is 32.4 Å². The van der Waals surface area contributed by atoms with Gasteiger partial charge in [0.2, 0.25) is 0 Å². The number of thiazole rings is 1. The van der Waals surface area contributed by atoms with Gasteiger partial charge in [-0.15, -0.1) is 11.3 Å².